The van der Waals surface area contributed by atoms with Gasteiger partial charge < -0.3 is 4.57 Å². The Hall–Kier alpha value is -1.55. The first-order valence-electron chi connectivity index (χ1n) is 5.91. The zero-order chi connectivity index (χ0) is 12.8. The molecule has 0 aliphatic heterocycles. The maximum Gasteiger partial charge on any atom is 0.143 e. The van der Waals surface area contributed by atoms with Crippen molar-refractivity contribution in [1.29, 1.82) is 0 Å². The van der Waals surface area contributed by atoms with Crippen LogP contribution in [0.4, 0.5) is 0 Å². The molecule has 0 spiro atoms. The number of rotatable bonds is 6. The van der Waals surface area contributed by atoms with Gasteiger partial charge in [-0.3, -0.25) is 4.79 Å². The Morgan fingerprint density at radius 3 is 2.78 bits per heavy atom. The summed E-state index contributed by atoms with van der Waals surface area (Å²) in [6.45, 7) is 0. The van der Waals surface area contributed by atoms with Crippen LogP contribution in [0, 0.1) is 0 Å². The van der Waals surface area contributed by atoms with Crippen molar-refractivity contribution in [3.8, 4) is 0 Å². The molecule has 4 heteroatoms. The van der Waals surface area contributed by atoms with Gasteiger partial charge in [0.25, 0.3) is 0 Å². The Balaban J connectivity index is 1.75. The summed E-state index contributed by atoms with van der Waals surface area (Å²) < 4.78 is 1.96. The Labute approximate surface area is 111 Å². The fourth-order valence-electron chi connectivity index (χ4n) is 1.64. The highest BCUT2D eigenvalue weighted by Crippen LogP contribution is 2.17. The first-order chi connectivity index (χ1) is 8.75. The van der Waals surface area contributed by atoms with E-state index in [2.05, 4.69) is 4.98 Å². The largest absolute Gasteiger partial charge is 0.338 e. The van der Waals surface area contributed by atoms with E-state index in [4.69, 9.17) is 0 Å². The van der Waals surface area contributed by atoms with Crippen molar-refractivity contribution in [3.05, 3.63) is 48.5 Å². The summed E-state index contributed by atoms with van der Waals surface area (Å²) in [4.78, 5) is 17.1. The van der Waals surface area contributed by atoms with Crippen molar-refractivity contribution in [2.45, 2.75) is 17.7 Å². The number of nitrogens with zero attached hydrogens (tertiary/aromatic N) is 2. The van der Waals surface area contributed by atoms with Crippen molar-refractivity contribution in [1.82, 2.24) is 9.55 Å². The molecule has 1 heterocycles. The number of benzene rings is 1. The Bertz CT molecular complexity index is 508. The molecule has 0 unspecified atom stereocenters. The molecular weight excluding hydrogens is 244 g/mol. The fraction of sp³-hybridized carbons (Fsp3) is 0.286. The molecule has 0 atom stereocenters. The van der Waals surface area contributed by atoms with Gasteiger partial charge in [0.15, 0.2) is 0 Å². The van der Waals surface area contributed by atoms with Crippen LogP contribution >= 0.6 is 11.8 Å². The number of aryl methyl sites for hydroxylation is 2. The summed E-state index contributed by atoms with van der Waals surface area (Å²) in [6.07, 6.45) is 4.94. The number of imidazole rings is 1. The number of hydrogen-bond donors (Lipinski definition) is 0. The summed E-state index contributed by atoms with van der Waals surface area (Å²) in [6, 6.07) is 10.0. The Kier molecular flexibility index (Phi) is 4.59. The predicted molar refractivity (Wildman–Crippen MR) is 73.7 cm³/mol. The van der Waals surface area contributed by atoms with Crippen LogP contribution in [0.5, 0.6) is 0 Å². The second-order valence-electron chi connectivity index (χ2n) is 4.09. The lowest BCUT2D eigenvalue weighted by Gasteiger charge is -2.02. The second-order valence-corrected chi connectivity index (χ2v) is 5.14. The minimum Gasteiger partial charge on any atom is -0.338 e. The van der Waals surface area contributed by atoms with Gasteiger partial charge in [-0.2, -0.15) is 0 Å². The first kappa shape index (κ1) is 12.9. The molecule has 0 aliphatic rings. The van der Waals surface area contributed by atoms with E-state index >= 15 is 0 Å². The van der Waals surface area contributed by atoms with Crippen LogP contribution in [-0.4, -0.2) is 21.1 Å². The Morgan fingerprint density at radius 1 is 1.33 bits per heavy atom. The molecule has 94 valence electrons. The third-order valence-corrected chi connectivity index (χ3v) is 3.76. The third kappa shape index (κ3) is 3.74. The van der Waals surface area contributed by atoms with E-state index in [1.165, 1.54) is 0 Å². The van der Waals surface area contributed by atoms with Crippen LogP contribution < -0.4 is 0 Å². The van der Waals surface area contributed by atoms with Crippen molar-refractivity contribution in [2.75, 3.05) is 5.75 Å². The molecule has 0 saturated heterocycles. The van der Waals surface area contributed by atoms with Crippen molar-refractivity contribution in [3.63, 3.8) is 0 Å². The molecule has 0 aliphatic carbocycles. The van der Waals surface area contributed by atoms with Gasteiger partial charge in [-0.05, 0) is 12.1 Å². The zero-order valence-corrected chi connectivity index (χ0v) is 11.2. The molecule has 1 aromatic heterocycles. The van der Waals surface area contributed by atoms with E-state index < -0.39 is 0 Å². The minimum atomic E-state index is 0.270. The van der Waals surface area contributed by atoms with Crippen LogP contribution in [0.15, 0.2) is 47.6 Å². The van der Waals surface area contributed by atoms with Gasteiger partial charge in [0.05, 0.1) is 5.75 Å². The topological polar surface area (TPSA) is 34.9 Å². The van der Waals surface area contributed by atoms with Crippen molar-refractivity contribution < 1.29 is 4.79 Å². The lowest BCUT2D eigenvalue weighted by molar-refractivity contribution is -0.116. The standard InChI is InChI=1S/C14H16N2OS/c1-16-10-9-15-14(16)8-7-12(17)11-18-13-5-3-2-4-6-13/h2-6,9-10H,7-8,11H2,1H3. The molecule has 2 aromatic rings. The van der Waals surface area contributed by atoms with E-state index in [0.29, 0.717) is 12.2 Å². The monoisotopic (exact) mass is 260 g/mol. The van der Waals surface area contributed by atoms with Gasteiger partial charge in [0, 0.05) is 37.2 Å². The number of ketones is 1. The normalized spacial score (nSPS) is 10.5. The average molecular weight is 260 g/mol. The summed E-state index contributed by atoms with van der Waals surface area (Å²) in [5.74, 6) is 1.77. The summed E-state index contributed by atoms with van der Waals surface area (Å²) >= 11 is 1.59. The molecule has 0 saturated carbocycles. The molecule has 0 fully saturated rings. The Morgan fingerprint density at radius 2 is 2.11 bits per heavy atom. The first-order valence-corrected chi connectivity index (χ1v) is 6.90. The van der Waals surface area contributed by atoms with Gasteiger partial charge in [-0.25, -0.2) is 4.98 Å². The predicted octanol–water partition coefficient (Wildman–Crippen LogP) is 2.71. The average Bonchev–Trinajstić information content (AvgIpc) is 2.81. The molecule has 18 heavy (non-hydrogen) atoms. The molecule has 2 rings (SSSR count). The lowest BCUT2D eigenvalue weighted by Crippen LogP contribution is -2.06. The van der Waals surface area contributed by atoms with E-state index in [0.717, 1.165) is 17.1 Å². The molecule has 1 aromatic carbocycles. The number of aromatic nitrogens is 2. The van der Waals surface area contributed by atoms with Crippen LogP contribution in [-0.2, 0) is 18.3 Å². The maximum absolute atomic E-state index is 11.8. The molecular formula is C14H16N2OS. The van der Waals surface area contributed by atoms with Crippen LogP contribution in [0.1, 0.15) is 12.2 Å². The summed E-state index contributed by atoms with van der Waals surface area (Å²) in [5.41, 5.74) is 0. The summed E-state index contributed by atoms with van der Waals surface area (Å²) in [5, 5.41) is 0. The highest BCUT2D eigenvalue weighted by Gasteiger charge is 2.06. The quantitative estimate of drug-likeness (QED) is 0.749. The number of carbonyl (C=O) groups is 1. The third-order valence-electron chi connectivity index (χ3n) is 2.69. The van der Waals surface area contributed by atoms with E-state index in [9.17, 15) is 4.79 Å². The van der Waals surface area contributed by atoms with Gasteiger partial charge in [0.1, 0.15) is 11.6 Å². The van der Waals surface area contributed by atoms with Crippen molar-refractivity contribution in [2.24, 2.45) is 7.05 Å². The highest BCUT2D eigenvalue weighted by molar-refractivity contribution is 8.00. The summed E-state index contributed by atoms with van der Waals surface area (Å²) in [7, 11) is 1.95. The zero-order valence-electron chi connectivity index (χ0n) is 10.4. The number of Topliss-reactive ketones (excluding diaryl/α,β-unsaturated/α-hetero) is 1. The molecule has 0 bridgehead atoms. The van der Waals surface area contributed by atoms with Crippen molar-refractivity contribution >= 4 is 17.5 Å². The van der Waals surface area contributed by atoms with E-state index in [-0.39, 0.29) is 5.78 Å². The number of carbonyl (C=O) groups excluding carboxylic acids is 1. The molecule has 0 N–H and O–H groups in total. The van der Waals surface area contributed by atoms with Gasteiger partial charge in [-0.15, -0.1) is 11.8 Å². The minimum absolute atomic E-state index is 0.270. The van der Waals surface area contributed by atoms with Crippen LogP contribution in [0.3, 0.4) is 0 Å². The highest BCUT2D eigenvalue weighted by atomic mass is 32.2. The molecule has 0 radical (unpaired) electrons. The van der Waals surface area contributed by atoms with Gasteiger partial charge in [0.2, 0.25) is 0 Å². The smallest absolute Gasteiger partial charge is 0.143 e. The number of hydrogen-bond acceptors (Lipinski definition) is 3. The SMILES string of the molecule is Cn1ccnc1CCC(=O)CSc1ccccc1. The molecule has 3 nitrogen and oxygen atoms in total. The van der Waals surface area contributed by atoms with Crippen LogP contribution in [0.2, 0.25) is 0 Å². The maximum atomic E-state index is 11.8. The van der Waals surface area contributed by atoms with Gasteiger partial charge in [-0.1, -0.05) is 18.2 Å². The van der Waals surface area contributed by atoms with E-state index in [1.807, 2.05) is 48.1 Å². The fourth-order valence-corrected chi connectivity index (χ4v) is 2.46. The van der Waals surface area contributed by atoms with Crippen LogP contribution in [0.25, 0.3) is 0 Å². The lowest BCUT2D eigenvalue weighted by atomic mass is 10.2. The molecule has 0 amide bonds. The number of thioether (sulfide) groups is 1. The van der Waals surface area contributed by atoms with Gasteiger partial charge >= 0.3 is 0 Å². The van der Waals surface area contributed by atoms with E-state index in [1.54, 1.807) is 18.0 Å². The second kappa shape index (κ2) is 6.40.